The molecule has 0 radical (unpaired) electrons. The lowest BCUT2D eigenvalue weighted by atomic mass is 10.1. The fourth-order valence-electron chi connectivity index (χ4n) is 2.78. The molecule has 6 heteroatoms. The van der Waals surface area contributed by atoms with E-state index in [2.05, 4.69) is 12.2 Å². The van der Waals surface area contributed by atoms with Gasteiger partial charge in [0.1, 0.15) is 5.56 Å². The molecule has 0 spiro atoms. The first-order valence-electron chi connectivity index (χ1n) is 8.50. The minimum Gasteiger partial charge on any atom is -0.478 e. The molecule has 0 aliphatic carbocycles. The molecular formula is C21H18ClNO3S. The van der Waals surface area contributed by atoms with Crippen LogP contribution in [0.25, 0.3) is 10.4 Å². The summed E-state index contributed by atoms with van der Waals surface area (Å²) in [5.74, 6) is -1.42. The van der Waals surface area contributed by atoms with E-state index in [4.69, 9.17) is 11.6 Å². The molecule has 3 rings (SSSR count). The van der Waals surface area contributed by atoms with Crippen molar-refractivity contribution in [3.05, 3.63) is 75.6 Å². The summed E-state index contributed by atoms with van der Waals surface area (Å²) >= 11 is 7.18. The fourth-order valence-corrected chi connectivity index (χ4v) is 3.91. The molecule has 0 saturated heterocycles. The van der Waals surface area contributed by atoms with Crippen LogP contribution in [0.5, 0.6) is 0 Å². The van der Waals surface area contributed by atoms with Gasteiger partial charge in [-0.05, 0) is 41.8 Å². The third-order valence-corrected chi connectivity index (χ3v) is 5.40. The summed E-state index contributed by atoms with van der Waals surface area (Å²) in [6, 6.07) is 14.3. The van der Waals surface area contributed by atoms with E-state index in [9.17, 15) is 14.7 Å². The van der Waals surface area contributed by atoms with Crippen molar-refractivity contribution in [3.63, 3.8) is 0 Å². The van der Waals surface area contributed by atoms with Crippen molar-refractivity contribution in [1.29, 1.82) is 0 Å². The van der Waals surface area contributed by atoms with Crippen molar-refractivity contribution in [2.45, 2.75) is 19.8 Å². The zero-order valence-electron chi connectivity index (χ0n) is 14.7. The SMILES string of the molecule is CCCc1ccc(C(=O)Nc2csc(-c3ccc(Cl)cc3)c2C(=O)O)cc1. The first-order chi connectivity index (χ1) is 13.0. The fraction of sp³-hybridized carbons (Fsp3) is 0.143. The number of benzene rings is 2. The topological polar surface area (TPSA) is 66.4 Å². The number of carbonyl (C=O) groups excluding carboxylic acids is 1. The molecule has 0 atom stereocenters. The quantitative estimate of drug-likeness (QED) is 0.536. The van der Waals surface area contributed by atoms with E-state index in [0.29, 0.717) is 21.2 Å². The number of thiophene rings is 1. The Hall–Kier alpha value is -2.63. The van der Waals surface area contributed by atoms with Gasteiger partial charge in [-0.15, -0.1) is 11.3 Å². The summed E-state index contributed by atoms with van der Waals surface area (Å²) in [5.41, 5.74) is 2.77. The Bertz CT molecular complexity index is 962. The Morgan fingerprint density at radius 1 is 1.07 bits per heavy atom. The molecule has 3 aromatic rings. The second kappa shape index (κ2) is 8.37. The largest absolute Gasteiger partial charge is 0.478 e. The maximum Gasteiger partial charge on any atom is 0.339 e. The smallest absolute Gasteiger partial charge is 0.339 e. The van der Waals surface area contributed by atoms with Gasteiger partial charge in [0.25, 0.3) is 5.91 Å². The molecule has 4 nitrogen and oxygen atoms in total. The number of rotatable bonds is 6. The molecule has 1 amide bonds. The number of carbonyl (C=O) groups is 2. The van der Waals surface area contributed by atoms with Gasteiger partial charge in [0.15, 0.2) is 0 Å². The molecule has 0 aliphatic heterocycles. The molecule has 0 saturated carbocycles. The zero-order valence-corrected chi connectivity index (χ0v) is 16.2. The van der Waals surface area contributed by atoms with Crippen LogP contribution in [0.3, 0.4) is 0 Å². The average Bonchev–Trinajstić information content (AvgIpc) is 3.07. The zero-order chi connectivity index (χ0) is 19.4. The van der Waals surface area contributed by atoms with Crippen LogP contribution in [0.4, 0.5) is 5.69 Å². The monoisotopic (exact) mass is 399 g/mol. The Morgan fingerprint density at radius 2 is 1.74 bits per heavy atom. The van der Waals surface area contributed by atoms with Crippen molar-refractivity contribution >= 4 is 40.5 Å². The van der Waals surface area contributed by atoms with E-state index in [1.807, 2.05) is 12.1 Å². The molecule has 27 heavy (non-hydrogen) atoms. The highest BCUT2D eigenvalue weighted by atomic mass is 35.5. The third-order valence-electron chi connectivity index (χ3n) is 4.11. The molecule has 1 aromatic heterocycles. The normalized spacial score (nSPS) is 10.6. The van der Waals surface area contributed by atoms with Crippen LogP contribution in [0.2, 0.25) is 5.02 Å². The molecule has 2 N–H and O–H groups in total. The number of anilines is 1. The minimum atomic E-state index is -1.09. The summed E-state index contributed by atoms with van der Waals surface area (Å²) in [4.78, 5) is 24.9. The molecule has 138 valence electrons. The molecular weight excluding hydrogens is 382 g/mol. The number of carboxylic acids is 1. The van der Waals surface area contributed by atoms with Gasteiger partial charge < -0.3 is 10.4 Å². The van der Waals surface area contributed by atoms with Crippen LogP contribution < -0.4 is 5.32 Å². The number of aryl methyl sites for hydroxylation is 1. The molecule has 0 bridgehead atoms. The first-order valence-corrected chi connectivity index (χ1v) is 9.76. The number of aromatic carboxylic acids is 1. The summed E-state index contributed by atoms with van der Waals surface area (Å²) in [5, 5.41) is 14.6. The van der Waals surface area contributed by atoms with Crippen LogP contribution in [-0.2, 0) is 6.42 Å². The van der Waals surface area contributed by atoms with E-state index in [-0.39, 0.29) is 11.5 Å². The second-order valence-electron chi connectivity index (χ2n) is 6.07. The van der Waals surface area contributed by atoms with E-state index >= 15 is 0 Å². The summed E-state index contributed by atoms with van der Waals surface area (Å²) in [6.45, 7) is 2.10. The minimum absolute atomic E-state index is 0.0817. The lowest BCUT2D eigenvalue weighted by Gasteiger charge is -2.07. The van der Waals surface area contributed by atoms with Crippen molar-refractivity contribution in [3.8, 4) is 10.4 Å². The predicted molar refractivity (Wildman–Crippen MR) is 110 cm³/mol. The van der Waals surface area contributed by atoms with Crippen LogP contribution in [-0.4, -0.2) is 17.0 Å². The summed E-state index contributed by atoms with van der Waals surface area (Å²) < 4.78 is 0. The maximum atomic E-state index is 12.5. The Kier molecular flexibility index (Phi) is 5.94. The van der Waals surface area contributed by atoms with E-state index < -0.39 is 5.97 Å². The Labute approximate surface area is 166 Å². The highest BCUT2D eigenvalue weighted by Gasteiger charge is 2.21. The Balaban J connectivity index is 1.87. The van der Waals surface area contributed by atoms with Crippen molar-refractivity contribution in [2.75, 3.05) is 5.32 Å². The van der Waals surface area contributed by atoms with E-state index in [0.717, 1.165) is 18.4 Å². The van der Waals surface area contributed by atoms with Gasteiger partial charge in [0.2, 0.25) is 0 Å². The van der Waals surface area contributed by atoms with Gasteiger partial charge in [-0.25, -0.2) is 4.79 Å². The van der Waals surface area contributed by atoms with E-state index in [1.54, 1.807) is 41.8 Å². The lowest BCUT2D eigenvalue weighted by molar-refractivity contribution is 0.0699. The van der Waals surface area contributed by atoms with Crippen LogP contribution >= 0.6 is 22.9 Å². The van der Waals surface area contributed by atoms with Gasteiger partial charge in [0, 0.05) is 16.0 Å². The number of hydrogen-bond donors (Lipinski definition) is 2. The Morgan fingerprint density at radius 3 is 2.33 bits per heavy atom. The van der Waals surface area contributed by atoms with Crippen LogP contribution in [0, 0.1) is 0 Å². The summed E-state index contributed by atoms with van der Waals surface area (Å²) in [7, 11) is 0. The van der Waals surface area contributed by atoms with Gasteiger partial charge in [0.05, 0.1) is 10.6 Å². The van der Waals surface area contributed by atoms with Gasteiger partial charge >= 0.3 is 5.97 Å². The summed E-state index contributed by atoms with van der Waals surface area (Å²) in [6.07, 6.45) is 2.00. The average molecular weight is 400 g/mol. The number of amides is 1. The molecule has 0 aliphatic rings. The standard InChI is InChI=1S/C21H18ClNO3S/c1-2-3-13-4-6-15(7-5-13)20(24)23-17-12-27-19(18(17)21(25)26)14-8-10-16(22)11-9-14/h4-12H,2-3H2,1H3,(H,23,24)(H,25,26). The van der Waals surface area contributed by atoms with Gasteiger partial charge in [-0.1, -0.05) is 49.2 Å². The highest BCUT2D eigenvalue weighted by Crippen LogP contribution is 2.36. The molecule has 0 fully saturated rings. The van der Waals surface area contributed by atoms with Gasteiger partial charge in [-0.3, -0.25) is 4.79 Å². The second-order valence-corrected chi connectivity index (χ2v) is 7.38. The molecule has 2 aromatic carbocycles. The third kappa shape index (κ3) is 4.38. The van der Waals surface area contributed by atoms with Gasteiger partial charge in [-0.2, -0.15) is 0 Å². The van der Waals surface area contributed by atoms with Crippen LogP contribution in [0.15, 0.2) is 53.9 Å². The number of nitrogens with one attached hydrogen (secondary N) is 1. The maximum absolute atomic E-state index is 12.5. The predicted octanol–water partition coefficient (Wildman–Crippen LogP) is 5.97. The lowest BCUT2D eigenvalue weighted by Crippen LogP contribution is -2.14. The van der Waals surface area contributed by atoms with Crippen molar-refractivity contribution in [1.82, 2.24) is 0 Å². The number of halogens is 1. The number of carboxylic acid groups (broad SMARTS) is 1. The molecule has 0 unspecified atom stereocenters. The van der Waals surface area contributed by atoms with Crippen molar-refractivity contribution < 1.29 is 14.7 Å². The number of hydrogen-bond acceptors (Lipinski definition) is 3. The van der Waals surface area contributed by atoms with Crippen LogP contribution in [0.1, 0.15) is 39.6 Å². The van der Waals surface area contributed by atoms with E-state index in [1.165, 1.54) is 16.9 Å². The highest BCUT2D eigenvalue weighted by molar-refractivity contribution is 7.14. The molecule has 1 heterocycles. The first kappa shape index (κ1) is 19.1. The van der Waals surface area contributed by atoms with Crippen molar-refractivity contribution in [2.24, 2.45) is 0 Å².